The van der Waals surface area contributed by atoms with Gasteiger partial charge in [0.05, 0.1) is 0 Å². The van der Waals surface area contributed by atoms with E-state index >= 15 is 0 Å². The zero-order chi connectivity index (χ0) is 14.7. The molecule has 0 saturated carbocycles. The van der Waals surface area contributed by atoms with E-state index < -0.39 is 0 Å². The summed E-state index contributed by atoms with van der Waals surface area (Å²) >= 11 is 0. The fourth-order valence-electron chi connectivity index (χ4n) is 2.39. The third-order valence-electron chi connectivity index (χ3n) is 3.53. The Morgan fingerprint density at radius 3 is 2.29 bits per heavy atom. The van der Waals surface area contributed by atoms with Crippen LogP contribution in [0.2, 0.25) is 0 Å². The molecule has 1 atom stereocenters. The molecule has 5 nitrogen and oxygen atoms in total. The van der Waals surface area contributed by atoms with Gasteiger partial charge in [0.2, 0.25) is 0 Å². The number of carbonyl (C=O) groups is 2. The zero-order valence-electron chi connectivity index (χ0n) is 12.4. The van der Waals surface area contributed by atoms with Crippen molar-refractivity contribution < 1.29 is 9.59 Å². The molecule has 0 radical (unpaired) electrons. The van der Waals surface area contributed by atoms with Gasteiger partial charge in [0, 0.05) is 44.4 Å². The van der Waals surface area contributed by atoms with Gasteiger partial charge in [-0.05, 0) is 37.1 Å². The Morgan fingerprint density at radius 2 is 1.76 bits per heavy atom. The number of hydrogen-bond donors (Lipinski definition) is 1. The van der Waals surface area contributed by atoms with E-state index in [0.717, 1.165) is 19.4 Å². The Balaban J connectivity index is 0.00000220. The van der Waals surface area contributed by atoms with Gasteiger partial charge in [-0.2, -0.15) is 0 Å². The molecule has 2 N–H and O–H groups in total. The van der Waals surface area contributed by atoms with E-state index in [-0.39, 0.29) is 30.3 Å². The number of hydrogen-bond acceptors (Lipinski definition) is 3. The molecule has 21 heavy (non-hydrogen) atoms. The fraction of sp³-hybridized carbons (Fsp3) is 0.467. The highest BCUT2D eigenvalue weighted by atomic mass is 35.5. The second-order valence-corrected chi connectivity index (χ2v) is 5.43. The number of nitrogens with zero attached hydrogens (tertiary/aromatic N) is 2. The number of piperidine rings is 1. The van der Waals surface area contributed by atoms with Crippen LogP contribution in [0, 0.1) is 0 Å². The third kappa shape index (κ3) is 4.19. The Hall–Kier alpha value is -1.59. The molecule has 1 aliphatic rings. The van der Waals surface area contributed by atoms with Crippen molar-refractivity contribution >= 4 is 24.2 Å². The minimum atomic E-state index is -0.0657. The van der Waals surface area contributed by atoms with Crippen molar-refractivity contribution in [2.24, 2.45) is 5.73 Å². The van der Waals surface area contributed by atoms with Gasteiger partial charge >= 0.3 is 0 Å². The van der Waals surface area contributed by atoms with Crippen LogP contribution in [0.1, 0.15) is 33.6 Å². The van der Waals surface area contributed by atoms with Crippen LogP contribution < -0.4 is 5.73 Å². The lowest BCUT2D eigenvalue weighted by molar-refractivity contribution is 0.0708. The molecule has 1 heterocycles. The molecule has 6 heteroatoms. The Labute approximate surface area is 131 Å². The normalized spacial score (nSPS) is 17.9. The SMILES string of the molecule is CN(C)C(=O)c1ccc(C(=O)N2CCCC(N)C2)cc1.Cl. The van der Waals surface area contributed by atoms with Crippen LogP contribution in [0.15, 0.2) is 24.3 Å². The quantitative estimate of drug-likeness (QED) is 0.897. The summed E-state index contributed by atoms with van der Waals surface area (Å²) in [6.07, 6.45) is 1.92. The molecule has 1 aliphatic heterocycles. The molecule has 0 spiro atoms. The van der Waals surface area contributed by atoms with Crippen LogP contribution in [0.5, 0.6) is 0 Å². The predicted molar refractivity (Wildman–Crippen MR) is 84.8 cm³/mol. The lowest BCUT2D eigenvalue weighted by atomic mass is 10.0. The molecule has 0 aliphatic carbocycles. The Morgan fingerprint density at radius 1 is 1.19 bits per heavy atom. The van der Waals surface area contributed by atoms with Gasteiger partial charge in [0.25, 0.3) is 11.8 Å². The second-order valence-electron chi connectivity index (χ2n) is 5.43. The van der Waals surface area contributed by atoms with Crippen molar-refractivity contribution in [1.29, 1.82) is 0 Å². The molecule has 1 fully saturated rings. The van der Waals surface area contributed by atoms with Gasteiger partial charge in [-0.1, -0.05) is 0 Å². The summed E-state index contributed by atoms with van der Waals surface area (Å²) in [4.78, 5) is 27.4. The first-order valence-electron chi connectivity index (χ1n) is 6.85. The van der Waals surface area contributed by atoms with E-state index in [9.17, 15) is 9.59 Å². The maximum atomic E-state index is 12.3. The van der Waals surface area contributed by atoms with Crippen molar-refractivity contribution in [3.63, 3.8) is 0 Å². The molecular weight excluding hydrogens is 290 g/mol. The highest BCUT2D eigenvalue weighted by Crippen LogP contribution is 2.14. The van der Waals surface area contributed by atoms with Crippen molar-refractivity contribution in [2.75, 3.05) is 27.2 Å². The van der Waals surface area contributed by atoms with E-state index in [2.05, 4.69) is 0 Å². The number of likely N-dealkylation sites (tertiary alicyclic amines) is 1. The van der Waals surface area contributed by atoms with Gasteiger partial charge in [-0.3, -0.25) is 9.59 Å². The summed E-state index contributed by atoms with van der Waals surface area (Å²) in [6, 6.07) is 6.87. The molecule has 0 bridgehead atoms. The van der Waals surface area contributed by atoms with Crippen LogP contribution in [-0.2, 0) is 0 Å². The second kappa shape index (κ2) is 7.43. The first-order valence-corrected chi connectivity index (χ1v) is 6.85. The van der Waals surface area contributed by atoms with E-state index in [0.29, 0.717) is 17.7 Å². The third-order valence-corrected chi connectivity index (χ3v) is 3.53. The van der Waals surface area contributed by atoms with Crippen molar-refractivity contribution in [2.45, 2.75) is 18.9 Å². The number of amides is 2. The maximum absolute atomic E-state index is 12.3. The Bertz CT molecular complexity index is 502. The van der Waals surface area contributed by atoms with Gasteiger partial charge in [0.1, 0.15) is 0 Å². The summed E-state index contributed by atoms with van der Waals surface area (Å²) in [5.74, 6) is -0.0759. The van der Waals surface area contributed by atoms with Crippen LogP contribution in [0.25, 0.3) is 0 Å². The van der Waals surface area contributed by atoms with Crippen molar-refractivity contribution in [1.82, 2.24) is 9.80 Å². The zero-order valence-corrected chi connectivity index (χ0v) is 13.2. The van der Waals surface area contributed by atoms with Crippen molar-refractivity contribution in [3.05, 3.63) is 35.4 Å². The molecule has 116 valence electrons. The number of rotatable bonds is 2. The first kappa shape index (κ1) is 17.5. The molecule has 2 amide bonds. The fourth-order valence-corrected chi connectivity index (χ4v) is 2.39. The summed E-state index contributed by atoms with van der Waals surface area (Å²) < 4.78 is 0. The standard InChI is InChI=1S/C15H21N3O2.ClH/c1-17(2)14(19)11-5-7-12(8-6-11)15(20)18-9-3-4-13(16)10-18;/h5-8,13H,3-4,9-10,16H2,1-2H3;1H. The lowest BCUT2D eigenvalue weighted by Gasteiger charge is -2.30. The number of nitrogens with two attached hydrogens (primary N) is 1. The Kier molecular flexibility index (Phi) is 6.18. The molecule has 1 unspecified atom stereocenters. The predicted octanol–water partition coefficient (Wildman–Crippen LogP) is 1.37. The summed E-state index contributed by atoms with van der Waals surface area (Å²) in [5, 5.41) is 0. The van der Waals surface area contributed by atoms with Gasteiger partial charge < -0.3 is 15.5 Å². The van der Waals surface area contributed by atoms with Crippen LogP contribution in [-0.4, -0.2) is 54.8 Å². The van der Waals surface area contributed by atoms with Crippen LogP contribution >= 0.6 is 12.4 Å². The highest BCUT2D eigenvalue weighted by molar-refractivity contribution is 5.97. The summed E-state index contributed by atoms with van der Waals surface area (Å²) in [5.41, 5.74) is 7.09. The smallest absolute Gasteiger partial charge is 0.253 e. The van der Waals surface area contributed by atoms with Crippen LogP contribution in [0.4, 0.5) is 0 Å². The van der Waals surface area contributed by atoms with E-state index in [4.69, 9.17) is 5.73 Å². The van der Waals surface area contributed by atoms with Gasteiger partial charge in [-0.25, -0.2) is 0 Å². The van der Waals surface area contributed by atoms with Crippen molar-refractivity contribution in [3.8, 4) is 0 Å². The first-order chi connectivity index (χ1) is 9.49. The monoisotopic (exact) mass is 311 g/mol. The number of carbonyl (C=O) groups excluding carboxylic acids is 2. The van der Waals surface area contributed by atoms with E-state index in [1.165, 1.54) is 4.90 Å². The minimum Gasteiger partial charge on any atom is -0.345 e. The molecule has 1 aromatic rings. The minimum absolute atomic E-state index is 0. The lowest BCUT2D eigenvalue weighted by Crippen LogP contribution is -2.45. The van der Waals surface area contributed by atoms with Crippen LogP contribution in [0.3, 0.4) is 0 Å². The molecule has 0 aromatic heterocycles. The molecule has 1 saturated heterocycles. The average molecular weight is 312 g/mol. The van der Waals surface area contributed by atoms with Gasteiger partial charge in [0.15, 0.2) is 0 Å². The summed E-state index contributed by atoms with van der Waals surface area (Å²) in [6.45, 7) is 1.36. The number of halogens is 1. The average Bonchev–Trinajstić information content (AvgIpc) is 2.46. The maximum Gasteiger partial charge on any atom is 0.253 e. The topological polar surface area (TPSA) is 66.6 Å². The van der Waals surface area contributed by atoms with E-state index in [1.807, 2.05) is 0 Å². The van der Waals surface area contributed by atoms with Gasteiger partial charge in [-0.15, -0.1) is 12.4 Å². The highest BCUT2D eigenvalue weighted by Gasteiger charge is 2.22. The molecule has 2 rings (SSSR count). The van der Waals surface area contributed by atoms with E-state index in [1.54, 1.807) is 43.3 Å². The summed E-state index contributed by atoms with van der Waals surface area (Å²) in [7, 11) is 3.41. The largest absolute Gasteiger partial charge is 0.345 e. The molecular formula is C15H22ClN3O2. The molecule has 1 aromatic carbocycles. The number of benzene rings is 1.